The summed E-state index contributed by atoms with van der Waals surface area (Å²) in [6.45, 7) is 6.90. The Morgan fingerprint density at radius 2 is 1.74 bits per heavy atom. The van der Waals surface area contributed by atoms with Crippen molar-refractivity contribution >= 4 is 17.5 Å². The molecular formula is C35H42N4O7. The van der Waals surface area contributed by atoms with E-state index in [2.05, 4.69) is 35.9 Å². The fraction of sp³-hybridized carbons (Fsp3) is 0.457. The number of phenolic OH excluding ortho intramolecular Hbond substituents is 1. The molecule has 4 aliphatic rings. The number of hydrogen-bond acceptors (Lipinski definition) is 10. The first-order chi connectivity index (χ1) is 21.8. The van der Waals surface area contributed by atoms with Crippen molar-refractivity contribution in [1.29, 1.82) is 0 Å². The molecule has 0 spiro atoms. The molecule has 3 aliphatic carbocycles. The smallest absolute Gasteiger partial charge is 0.255 e. The van der Waals surface area contributed by atoms with Gasteiger partial charge in [0.25, 0.3) is 5.91 Å². The van der Waals surface area contributed by atoms with Gasteiger partial charge in [-0.05, 0) is 86.3 Å². The van der Waals surface area contributed by atoms with Crippen LogP contribution >= 0.6 is 0 Å². The highest BCUT2D eigenvalue weighted by Gasteiger charge is 2.63. The van der Waals surface area contributed by atoms with Crippen LogP contribution in [0.25, 0.3) is 11.1 Å². The molecule has 1 heterocycles. The van der Waals surface area contributed by atoms with E-state index in [1.54, 1.807) is 25.1 Å². The van der Waals surface area contributed by atoms with Gasteiger partial charge in [0.2, 0.25) is 5.78 Å². The van der Waals surface area contributed by atoms with Gasteiger partial charge in [-0.15, -0.1) is 0 Å². The van der Waals surface area contributed by atoms with Crippen LogP contribution in [0.3, 0.4) is 0 Å². The fourth-order valence-corrected chi connectivity index (χ4v) is 8.05. The van der Waals surface area contributed by atoms with Gasteiger partial charge in [0.1, 0.15) is 22.8 Å². The Bertz CT molecular complexity index is 1700. The summed E-state index contributed by atoms with van der Waals surface area (Å²) >= 11 is 0. The second kappa shape index (κ2) is 11.6. The number of primary amides is 1. The number of amides is 1. The monoisotopic (exact) mass is 630 g/mol. The molecule has 2 aromatic rings. The van der Waals surface area contributed by atoms with Crippen LogP contribution in [0, 0.1) is 11.8 Å². The molecule has 1 amide bonds. The van der Waals surface area contributed by atoms with E-state index in [1.807, 2.05) is 6.07 Å². The molecule has 0 unspecified atom stereocenters. The molecule has 1 fully saturated rings. The van der Waals surface area contributed by atoms with E-state index in [4.69, 9.17) is 5.73 Å². The van der Waals surface area contributed by atoms with E-state index in [0.29, 0.717) is 5.56 Å². The van der Waals surface area contributed by atoms with E-state index in [9.17, 15) is 34.8 Å². The van der Waals surface area contributed by atoms with Crippen LogP contribution in [0.1, 0.15) is 40.4 Å². The summed E-state index contributed by atoms with van der Waals surface area (Å²) in [6.07, 6.45) is 1.16. The third kappa shape index (κ3) is 4.84. The lowest BCUT2D eigenvalue weighted by atomic mass is 9.58. The van der Waals surface area contributed by atoms with E-state index in [-0.39, 0.29) is 29.7 Å². The number of ketones is 2. The van der Waals surface area contributed by atoms with Crippen LogP contribution < -0.4 is 5.73 Å². The van der Waals surface area contributed by atoms with Crippen LogP contribution in [-0.2, 0) is 29.0 Å². The quantitative estimate of drug-likeness (QED) is 0.298. The highest BCUT2D eigenvalue weighted by atomic mass is 16.3. The molecule has 0 saturated carbocycles. The number of phenols is 1. The molecule has 46 heavy (non-hydrogen) atoms. The zero-order valence-corrected chi connectivity index (χ0v) is 26.7. The van der Waals surface area contributed by atoms with E-state index >= 15 is 0 Å². The van der Waals surface area contributed by atoms with E-state index < -0.39 is 58.0 Å². The number of carbonyl (C=O) groups is 3. The van der Waals surface area contributed by atoms with Crippen molar-refractivity contribution in [2.45, 2.75) is 44.4 Å². The van der Waals surface area contributed by atoms with Crippen molar-refractivity contribution in [2.24, 2.45) is 17.6 Å². The average molecular weight is 631 g/mol. The van der Waals surface area contributed by atoms with Gasteiger partial charge >= 0.3 is 0 Å². The van der Waals surface area contributed by atoms with Crippen molar-refractivity contribution in [3.63, 3.8) is 0 Å². The number of aliphatic hydroxyl groups excluding tert-OH is 2. The van der Waals surface area contributed by atoms with Gasteiger partial charge in [0.05, 0.1) is 11.6 Å². The second-order valence-electron chi connectivity index (χ2n) is 13.4. The second-order valence-corrected chi connectivity index (χ2v) is 13.4. The van der Waals surface area contributed by atoms with Crippen molar-refractivity contribution in [2.75, 3.05) is 47.3 Å². The normalized spacial score (nSPS) is 27.1. The molecule has 1 aliphatic heterocycles. The largest absolute Gasteiger partial charge is 0.510 e. The number of nitrogens with zero attached hydrogens (tertiary/aromatic N) is 3. The van der Waals surface area contributed by atoms with Crippen LogP contribution in [0.5, 0.6) is 5.75 Å². The fourth-order valence-electron chi connectivity index (χ4n) is 8.05. The number of aliphatic hydroxyl groups is 3. The average Bonchev–Trinajstić information content (AvgIpc) is 3.00. The number of likely N-dealkylation sites (N-methyl/N-ethyl adjacent to an activating group) is 2. The molecule has 244 valence electrons. The van der Waals surface area contributed by atoms with Gasteiger partial charge in [0.15, 0.2) is 11.4 Å². The number of aromatic hydroxyl groups is 1. The highest BCUT2D eigenvalue weighted by molar-refractivity contribution is 6.24. The summed E-state index contributed by atoms with van der Waals surface area (Å²) in [6, 6.07) is 8.53. The number of nitrogens with two attached hydrogens (primary N) is 1. The summed E-state index contributed by atoms with van der Waals surface area (Å²) < 4.78 is 0. The number of allylic oxidation sites excluding steroid dienone is 1. The van der Waals surface area contributed by atoms with Crippen LogP contribution in [0.4, 0.5) is 0 Å². The molecule has 0 aromatic heterocycles. The number of piperazine rings is 1. The summed E-state index contributed by atoms with van der Waals surface area (Å²) in [5.74, 6) is -6.60. The van der Waals surface area contributed by atoms with Crippen molar-refractivity contribution in [1.82, 2.24) is 14.7 Å². The van der Waals surface area contributed by atoms with Crippen LogP contribution in [-0.4, -0.2) is 112 Å². The SMILES string of the molecule is CCc1ccc(-c2ccc(O)c3c2C[C@H]2C[C@H]4[C@@H](N(C)C)C(O)=C(C(N)=O)C(=O)[C@@]4(O)C(O)=C2C3=O)cc1CN1CCN(C)CC1. The van der Waals surface area contributed by atoms with Crippen molar-refractivity contribution in [3.05, 3.63) is 75.3 Å². The summed E-state index contributed by atoms with van der Waals surface area (Å²) in [4.78, 5) is 46.2. The molecule has 2 aromatic carbocycles. The Morgan fingerprint density at radius 1 is 1.04 bits per heavy atom. The number of fused-ring (bicyclic) bond motifs is 3. The predicted octanol–water partition coefficient (Wildman–Crippen LogP) is 2.10. The topological polar surface area (TPSA) is 168 Å². The molecule has 6 N–H and O–H groups in total. The van der Waals surface area contributed by atoms with E-state index in [0.717, 1.165) is 50.3 Å². The highest BCUT2D eigenvalue weighted by Crippen LogP contribution is 2.53. The number of benzene rings is 2. The molecule has 4 atom stereocenters. The van der Waals surface area contributed by atoms with Gasteiger partial charge in [0, 0.05) is 44.2 Å². The Morgan fingerprint density at radius 3 is 2.37 bits per heavy atom. The number of hydrogen-bond donors (Lipinski definition) is 5. The van der Waals surface area contributed by atoms with Crippen LogP contribution in [0.2, 0.25) is 0 Å². The predicted molar refractivity (Wildman–Crippen MR) is 171 cm³/mol. The lowest BCUT2D eigenvalue weighted by Gasteiger charge is -2.50. The molecular weight excluding hydrogens is 588 g/mol. The standard InChI is InChI=1S/C35H42N4O7/c1-5-18-6-7-19(14-21(18)17-39-12-10-38(4)11-13-39)22-8-9-25(40)27-23(22)15-20-16-24-29(37(2)3)31(42)28(34(36)45)33(44)35(24,46)32(43)26(20)30(27)41/h6-9,14,20,24,29,40,42-43,46H,5,10-13,15-17H2,1-4H3,(H2,36,45)/t20-,24-,29+,35-/m0/s1. The van der Waals surface area contributed by atoms with Gasteiger partial charge in [-0.25, -0.2) is 0 Å². The minimum absolute atomic E-state index is 0.0125. The maximum atomic E-state index is 14.2. The molecule has 0 radical (unpaired) electrons. The summed E-state index contributed by atoms with van der Waals surface area (Å²) in [5, 5.41) is 45.4. The zero-order valence-electron chi connectivity index (χ0n) is 26.7. The Hall–Kier alpha value is -4.03. The van der Waals surface area contributed by atoms with Crippen LogP contribution in [0.15, 0.2) is 53.0 Å². The first-order valence-corrected chi connectivity index (χ1v) is 15.8. The van der Waals surface area contributed by atoms with Gasteiger partial charge < -0.3 is 31.1 Å². The Labute approximate surface area is 268 Å². The maximum Gasteiger partial charge on any atom is 0.255 e. The lowest BCUT2D eigenvalue weighted by Crippen LogP contribution is -2.63. The third-order valence-corrected chi connectivity index (χ3v) is 10.5. The first-order valence-electron chi connectivity index (χ1n) is 15.8. The van der Waals surface area contributed by atoms with Gasteiger partial charge in [-0.1, -0.05) is 25.1 Å². The summed E-state index contributed by atoms with van der Waals surface area (Å²) in [7, 11) is 5.36. The van der Waals surface area contributed by atoms with E-state index in [1.165, 1.54) is 17.2 Å². The third-order valence-electron chi connectivity index (χ3n) is 10.5. The minimum Gasteiger partial charge on any atom is -0.510 e. The Balaban J connectivity index is 1.45. The van der Waals surface area contributed by atoms with Crippen molar-refractivity contribution < 1.29 is 34.8 Å². The zero-order chi connectivity index (χ0) is 33.2. The molecule has 1 saturated heterocycles. The van der Waals surface area contributed by atoms with Gasteiger partial charge in [-0.3, -0.25) is 24.2 Å². The number of aryl methyl sites for hydroxylation is 1. The summed E-state index contributed by atoms with van der Waals surface area (Å²) in [5.41, 5.74) is 6.55. The van der Waals surface area contributed by atoms with Crippen molar-refractivity contribution in [3.8, 4) is 16.9 Å². The Kier molecular flexibility index (Phi) is 8.08. The molecule has 11 nitrogen and oxygen atoms in total. The van der Waals surface area contributed by atoms with Gasteiger partial charge in [-0.2, -0.15) is 0 Å². The maximum absolute atomic E-state index is 14.2. The first kappa shape index (κ1) is 31.9. The molecule has 11 heteroatoms. The minimum atomic E-state index is -2.66. The number of carbonyl (C=O) groups excluding carboxylic acids is 3. The lowest BCUT2D eigenvalue weighted by molar-refractivity contribution is -0.148. The number of rotatable bonds is 6. The molecule has 0 bridgehead atoms. The molecule has 6 rings (SSSR count). The number of Topliss-reactive ketones (excluding diaryl/α,β-unsaturated/α-hetero) is 2.